The summed E-state index contributed by atoms with van der Waals surface area (Å²) in [5.41, 5.74) is 2.80. The van der Waals surface area contributed by atoms with Crippen LogP contribution in [0.25, 0.3) is 0 Å². The number of hydrogen-bond acceptors (Lipinski definition) is 2. The molecule has 2 aromatic rings. The van der Waals surface area contributed by atoms with Gasteiger partial charge in [-0.3, -0.25) is 0 Å². The summed E-state index contributed by atoms with van der Waals surface area (Å²) in [6.07, 6.45) is 20.1. The summed E-state index contributed by atoms with van der Waals surface area (Å²) < 4.78 is 0. The van der Waals surface area contributed by atoms with Crippen LogP contribution in [-0.2, 0) is 13.0 Å². The maximum Gasteiger partial charge on any atom is 0.105 e. The fraction of sp³-hybridized carbons (Fsp3) is 0.517. The second-order valence-electron chi connectivity index (χ2n) is 9.05. The lowest BCUT2D eigenvalue weighted by atomic mass is 10.1. The van der Waals surface area contributed by atoms with Crippen LogP contribution in [0.15, 0.2) is 73.1 Å². The topological polar surface area (TPSA) is 6.48 Å². The summed E-state index contributed by atoms with van der Waals surface area (Å²) >= 11 is 0. The van der Waals surface area contributed by atoms with E-state index >= 15 is 0 Å². The zero-order chi connectivity index (χ0) is 21.6. The largest absolute Gasteiger partial charge is 0.356 e. The highest BCUT2D eigenvalue weighted by Crippen LogP contribution is 2.23. The van der Waals surface area contributed by atoms with E-state index in [-0.39, 0.29) is 0 Å². The average Bonchev–Trinajstić information content (AvgIpc) is 3.17. The second-order valence-corrected chi connectivity index (χ2v) is 9.05. The van der Waals surface area contributed by atoms with E-state index in [9.17, 15) is 0 Å². The molecule has 0 spiro atoms. The number of nitrogens with zero attached hydrogens (tertiary/aromatic N) is 2. The van der Waals surface area contributed by atoms with E-state index in [1.165, 1.54) is 75.3 Å². The van der Waals surface area contributed by atoms with Crippen molar-refractivity contribution >= 4 is 0 Å². The van der Waals surface area contributed by atoms with Crippen LogP contribution >= 0.6 is 0 Å². The highest BCUT2D eigenvalue weighted by molar-refractivity contribution is 5.19. The first kappa shape index (κ1) is 23.4. The van der Waals surface area contributed by atoms with Crippen LogP contribution in [0.4, 0.5) is 0 Å². The van der Waals surface area contributed by atoms with Crippen molar-refractivity contribution in [1.29, 1.82) is 0 Å². The zero-order valence-electron chi connectivity index (χ0n) is 19.6. The van der Waals surface area contributed by atoms with Gasteiger partial charge in [-0.25, -0.2) is 0 Å². The first-order chi connectivity index (χ1) is 15.4. The van der Waals surface area contributed by atoms with Gasteiger partial charge in [0, 0.05) is 31.9 Å². The van der Waals surface area contributed by atoms with Crippen molar-refractivity contribution in [2.24, 2.45) is 0 Å². The third-order valence-electron chi connectivity index (χ3n) is 6.45. The molecule has 2 aromatic carbocycles. The Balaban J connectivity index is 1.43. The van der Waals surface area contributed by atoms with E-state index in [4.69, 9.17) is 0 Å². The van der Waals surface area contributed by atoms with Gasteiger partial charge in [-0.2, -0.15) is 0 Å². The van der Waals surface area contributed by atoms with Gasteiger partial charge >= 0.3 is 0 Å². The molecule has 0 aliphatic carbocycles. The van der Waals surface area contributed by atoms with Crippen LogP contribution in [0.2, 0.25) is 0 Å². The molecule has 2 nitrogen and oxygen atoms in total. The molecule has 0 amide bonds. The molecular weight excluding hydrogens is 376 g/mol. The van der Waals surface area contributed by atoms with Crippen molar-refractivity contribution in [3.05, 3.63) is 84.2 Å². The highest BCUT2D eigenvalue weighted by atomic mass is 15.4. The summed E-state index contributed by atoms with van der Waals surface area (Å²) in [6, 6.07) is 21.8. The van der Waals surface area contributed by atoms with Crippen molar-refractivity contribution in [3.8, 4) is 0 Å². The Morgan fingerprint density at radius 2 is 1.10 bits per heavy atom. The molecule has 1 aliphatic heterocycles. The normalized spacial score (nSPS) is 15.7. The first-order valence-electron chi connectivity index (χ1n) is 12.6. The lowest BCUT2D eigenvalue weighted by Crippen LogP contribution is -2.40. The van der Waals surface area contributed by atoms with Crippen LogP contribution in [0, 0.1) is 0 Å². The van der Waals surface area contributed by atoms with Gasteiger partial charge in [0.25, 0.3) is 0 Å². The van der Waals surface area contributed by atoms with Gasteiger partial charge in [0.2, 0.25) is 0 Å². The van der Waals surface area contributed by atoms with Crippen LogP contribution in [0.1, 0.15) is 82.3 Å². The standard InChI is InChI=1S/C29H42N2/c1-2-3-4-5-6-7-8-9-10-17-22-30-23-24-31(26-28-20-15-12-16-21-28)29(30)25-27-18-13-11-14-19-27/h11-16,18-21,23-24,29H,2-10,17,22,25-26H2,1H3. The molecule has 168 valence electrons. The number of benzene rings is 2. The Hall–Kier alpha value is -2.22. The first-order valence-corrected chi connectivity index (χ1v) is 12.6. The van der Waals surface area contributed by atoms with E-state index in [2.05, 4.69) is 89.8 Å². The third-order valence-corrected chi connectivity index (χ3v) is 6.45. The summed E-state index contributed by atoms with van der Waals surface area (Å²) in [4.78, 5) is 5.08. The fourth-order valence-electron chi connectivity index (χ4n) is 4.58. The molecular formula is C29H42N2. The molecule has 2 heteroatoms. The summed E-state index contributed by atoms with van der Waals surface area (Å²) in [6.45, 7) is 4.43. The molecule has 0 saturated heterocycles. The molecule has 0 saturated carbocycles. The Morgan fingerprint density at radius 1 is 0.581 bits per heavy atom. The van der Waals surface area contributed by atoms with Crippen LogP contribution in [0.3, 0.4) is 0 Å². The minimum atomic E-state index is 0.418. The monoisotopic (exact) mass is 418 g/mol. The van der Waals surface area contributed by atoms with Crippen LogP contribution in [-0.4, -0.2) is 22.5 Å². The van der Waals surface area contributed by atoms with Crippen molar-refractivity contribution < 1.29 is 0 Å². The summed E-state index contributed by atoms with van der Waals surface area (Å²) in [5, 5.41) is 0. The number of rotatable bonds is 15. The maximum absolute atomic E-state index is 2.57. The minimum absolute atomic E-state index is 0.418. The van der Waals surface area contributed by atoms with Crippen molar-refractivity contribution in [2.75, 3.05) is 6.54 Å². The Morgan fingerprint density at radius 3 is 1.71 bits per heavy atom. The van der Waals surface area contributed by atoms with E-state index in [0.29, 0.717) is 6.17 Å². The highest BCUT2D eigenvalue weighted by Gasteiger charge is 2.26. The molecule has 0 radical (unpaired) electrons. The molecule has 1 heterocycles. The van der Waals surface area contributed by atoms with Crippen LogP contribution < -0.4 is 0 Å². The summed E-state index contributed by atoms with van der Waals surface area (Å²) in [7, 11) is 0. The Labute approximate surface area is 191 Å². The van der Waals surface area contributed by atoms with E-state index in [1.807, 2.05) is 0 Å². The molecule has 3 rings (SSSR count). The lowest BCUT2D eigenvalue weighted by Gasteiger charge is -2.33. The molecule has 31 heavy (non-hydrogen) atoms. The second kappa shape index (κ2) is 14.0. The SMILES string of the molecule is CCCCCCCCCCCCN1C=CN(Cc2ccccc2)C1Cc1ccccc1. The number of unbranched alkanes of at least 4 members (excludes halogenated alkanes) is 9. The van der Waals surface area contributed by atoms with Gasteiger partial charge in [0.15, 0.2) is 0 Å². The van der Waals surface area contributed by atoms with Gasteiger partial charge < -0.3 is 9.80 Å². The number of hydrogen-bond donors (Lipinski definition) is 0. The maximum atomic E-state index is 2.57. The quantitative estimate of drug-likeness (QED) is 0.273. The molecule has 0 N–H and O–H groups in total. The van der Waals surface area contributed by atoms with E-state index in [0.717, 1.165) is 19.5 Å². The molecule has 0 bridgehead atoms. The lowest BCUT2D eigenvalue weighted by molar-refractivity contribution is 0.144. The summed E-state index contributed by atoms with van der Waals surface area (Å²) in [5.74, 6) is 0. The van der Waals surface area contributed by atoms with Crippen molar-refractivity contribution in [2.45, 2.75) is 90.3 Å². The zero-order valence-corrected chi connectivity index (χ0v) is 19.6. The van der Waals surface area contributed by atoms with Gasteiger partial charge in [0.1, 0.15) is 6.17 Å². The van der Waals surface area contributed by atoms with Gasteiger partial charge in [-0.05, 0) is 17.5 Å². The van der Waals surface area contributed by atoms with Gasteiger partial charge in [-0.15, -0.1) is 0 Å². The molecule has 1 aliphatic rings. The predicted octanol–water partition coefficient (Wildman–Crippen LogP) is 7.77. The van der Waals surface area contributed by atoms with Crippen molar-refractivity contribution in [3.63, 3.8) is 0 Å². The Kier molecular flexibility index (Phi) is 10.6. The van der Waals surface area contributed by atoms with Gasteiger partial charge in [0.05, 0.1) is 0 Å². The van der Waals surface area contributed by atoms with Crippen molar-refractivity contribution in [1.82, 2.24) is 9.80 Å². The minimum Gasteiger partial charge on any atom is -0.356 e. The van der Waals surface area contributed by atoms with Crippen LogP contribution in [0.5, 0.6) is 0 Å². The smallest absolute Gasteiger partial charge is 0.105 e. The van der Waals surface area contributed by atoms with E-state index in [1.54, 1.807) is 0 Å². The fourth-order valence-corrected chi connectivity index (χ4v) is 4.58. The van der Waals surface area contributed by atoms with Gasteiger partial charge in [-0.1, -0.05) is 125 Å². The third kappa shape index (κ3) is 8.44. The molecule has 1 atom stereocenters. The molecule has 1 unspecified atom stereocenters. The predicted molar refractivity (Wildman–Crippen MR) is 134 cm³/mol. The average molecular weight is 419 g/mol. The van der Waals surface area contributed by atoms with E-state index < -0.39 is 0 Å². The molecule has 0 fully saturated rings. The Bertz CT molecular complexity index is 725. The molecule has 0 aromatic heterocycles.